The molecule has 0 unspecified atom stereocenters. The summed E-state index contributed by atoms with van der Waals surface area (Å²) >= 11 is 4.99. The Hall–Kier alpha value is -1.69. The van der Waals surface area contributed by atoms with Gasteiger partial charge in [-0.3, -0.25) is 4.79 Å². The molecule has 1 aliphatic rings. The van der Waals surface area contributed by atoms with Crippen LogP contribution < -0.4 is 16.0 Å². The van der Waals surface area contributed by atoms with Crippen LogP contribution in [-0.4, -0.2) is 30.0 Å². The number of carbonyl (C=O) groups is 1. The van der Waals surface area contributed by atoms with E-state index in [1.165, 1.54) is 19.1 Å². The Balaban J connectivity index is 2.11. The molecule has 20 heavy (non-hydrogen) atoms. The molecule has 0 radical (unpaired) electrons. The Labute approximate surface area is 123 Å². The largest absolute Gasteiger partial charge is 0.389 e. The number of hydrogen-bond donors (Lipinski definition) is 2. The topological polar surface area (TPSA) is 58.4 Å². The molecule has 0 spiro atoms. The Kier molecular flexibility index (Phi) is 4.54. The molecule has 1 aliphatic heterocycles. The van der Waals surface area contributed by atoms with Crippen LogP contribution in [0.5, 0.6) is 0 Å². The first-order valence-corrected chi connectivity index (χ1v) is 6.99. The Morgan fingerprint density at radius 1 is 1.45 bits per heavy atom. The van der Waals surface area contributed by atoms with Gasteiger partial charge in [0.2, 0.25) is 5.91 Å². The van der Waals surface area contributed by atoms with E-state index in [2.05, 4.69) is 10.2 Å². The zero-order chi connectivity index (χ0) is 14.7. The molecule has 6 heteroatoms. The molecule has 1 heterocycles. The number of piperidine rings is 1. The maximum absolute atomic E-state index is 13.3. The summed E-state index contributed by atoms with van der Waals surface area (Å²) in [6.07, 6.45) is 1.71. The molecule has 1 amide bonds. The molecule has 108 valence electrons. The van der Waals surface area contributed by atoms with Crippen molar-refractivity contribution in [2.75, 3.05) is 18.0 Å². The van der Waals surface area contributed by atoms with Gasteiger partial charge < -0.3 is 16.0 Å². The van der Waals surface area contributed by atoms with Crippen molar-refractivity contribution in [3.05, 3.63) is 29.6 Å². The monoisotopic (exact) mass is 295 g/mol. The third kappa shape index (κ3) is 3.45. The van der Waals surface area contributed by atoms with E-state index in [4.69, 9.17) is 18.0 Å². The molecular formula is C14H18FN3OS. The number of carbonyl (C=O) groups excluding carboxylic acids is 1. The fraction of sp³-hybridized carbons (Fsp3) is 0.429. The van der Waals surface area contributed by atoms with Crippen LogP contribution in [0.15, 0.2) is 18.2 Å². The van der Waals surface area contributed by atoms with Crippen LogP contribution in [0.2, 0.25) is 0 Å². The number of anilines is 1. The maximum Gasteiger partial charge on any atom is 0.217 e. The van der Waals surface area contributed by atoms with E-state index in [1.807, 2.05) is 0 Å². The molecule has 3 N–H and O–H groups in total. The number of benzene rings is 1. The average molecular weight is 295 g/mol. The van der Waals surface area contributed by atoms with Crippen molar-refractivity contribution in [3.8, 4) is 0 Å². The number of nitrogens with zero attached hydrogens (tertiary/aromatic N) is 1. The smallest absolute Gasteiger partial charge is 0.217 e. The molecule has 0 bridgehead atoms. The number of nitrogens with two attached hydrogens (primary N) is 1. The fourth-order valence-electron chi connectivity index (χ4n) is 2.53. The number of amides is 1. The third-order valence-electron chi connectivity index (χ3n) is 3.47. The first-order chi connectivity index (χ1) is 9.47. The number of halogens is 1. The van der Waals surface area contributed by atoms with E-state index in [9.17, 15) is 9.18 Å². The number of rotatable bonds is 3. The quantitative estimate of drug-likeness (QED) is 0.831. The van der Waals surface area contributed by atoms with Gasteiger partial charge in [-0.25, -0.2) is 4.39 Å². The van der Waals surface area contributed by atoms with Gasteiger partial charge in [0.05, 0.1) is 0 Å². The van der Waals surface area contributed by atoms with Crippen molar-refractivity contribution in [1.29, 1.82) is 0 Å². The maximum atomic E-state index is 13.3. The second-order valence-electron chi connectivity index (χ2n) is 4.99. The highest BCUT2D eigenvalue weighted by Gasteiger charge is 2.22. The number of nitrogens with one attached hydrogen (secondary N) is 1. The van der Waals surface area contributed by atoms with Gasteiger partial charge in [-0.05, 0) is 31.0 Å². The van der Waals surface area contributed by atoms with Crippen molar-refractivity contribution in [3.63, 3.8) is 0 Å². The van der Waals surface area contributed by atoms with Gasteiger partial charge in [-0.1, -0.05) is 12.2 Å². The van der Waals surface area contributed by atoms with Crippen LogP contribution in [0.4, 0.5) is 10.1 Å². The van der Waals surface area contributed by atoms with Gasteiger partial charge in [0.1, 0.15) is 10.8 Å². The summed E-state index contributed by atoms with van der Waals surface area (Å²) < 4.78 is 13.3. The molecule has 1 fully saturated rings. The normalized spacial score (nSPS) is 16.0. The zero-order valence-electron chi connectivity index (χ0n) is 11.4. The fourth-order valence-corrected chi connectivity index (χ4v) is 2.70. The lowest BCUT2D eigenvalue weighted by Gasteiger charge is -2.34. The van der Waals surface area contributed by atoms with Crippen LogP contribution in [0.1, 0.15) is 25.3 Å². The van der Waals surface area contributed by atoms with Crippen molar-refractivity contribution in [1.82, 2.24) is 5.32 Å². The molecule has 4 nitrogen and oxygen atoms in total. The molecule has 0 aromatic heterocycles. The first-order valence-electron chi connectivity index (χ1n) is 6.59. The third-order valence-corrected chi connectivity index (χ3v) is 3.69. The molecular weight excluding hydrogens is 277 g/mol. The van der Waals surface area contributed by atoms with Crippen molar-refractivity contribution >= 4 is 28.8 Å². The lowest BCUT2D eigenvalue weighted by atomic mass is 10.0. The lowest BCUT2D eigenvalue weighted by molar-refractivity contribution is -0.119. The summed E-state index contributed by atoms with van der Waals surface area (Å²) in [5.41, 5.74) is 7.09. The predicted molar refractivity (Wildman–Crippen MR) is 81.3 cm³/mol. The number of hydrogen-bond acceptors (Lipinski definition) is 3. The standard InChI is InChI=1S/C14H18FN3OS/c1-9(19)17-11-4-6-18(7-5-11)13-3-2-10(15)8-12(13)14(16)20/h2-3,8,11H,4-7H2,1H3,(H2,16,20)(H,17,19). The molecule has 1 aromatic rings. The van der Waals surface area contributed by atoms with Crippen LogP contribution in [0.3, 0.4) is 0 Å². The molecule has 2 rings (SSSR count). The molecule has 0 atom stereocenters. The summed E-state index contributed by atoms with van der Waals surface area (Å²) in [7, 11) is 0. The number of thiocarbonyl (C=S) groups is 1. The van der Waals surface area contributed by atoms with Crippen LogP contribution in [-0.2, 0) is 4.79 Å². The van der Waals surface area contributed by atoms with E-state index in [0.29, 0.717) is 5.56 Å². The second-order valence-corrected chi connectivity index (χ2v) is 5.43. The van der Waals surface area contributed by atoms with Crippen molar-refractivity contribution in [2.24, 2.45) is 5.73 Å². The van der Waals surface area contributed by atoms with E-state index >= 15 is 0 Å². The molecule has 1 saturated heterocycles. The van der Waals surface area contributed by atoms with Gasteiger partial charge in [0.15, 0.2) is 0 Å². The highest BCUT2D eigenvalue weighted by molar-refractivity contribution is 7.80. The summed E-state index contributed by atoms with van der Waals surface area (Å²) in [6, 6.07) is 4.70. The summed E-state index contributed by atoms with van der Waals surface area (Å²) in [6.45, 7) is 3.09. The Morgan fingerprint density at radius 3 is 2.65 bits per heavy atom. The molecule has 1 aromatic carbocycles. The first kappa shape index (κ1) is 14.7. The van der Waals surface area contributed by atoms with Gasteiger partial charge in [0, 0.05) is 37.3 Å². The van der Waals surface area contributed by atoms with Crippen LogP contribution in [0, 0.1) is 5.82 Å². The summed E-state index contributed by atoms with van der Waals surface area (Å²) in [5, 5.41) is 2.92. The highest BCUT2D eigenvalue weighted by Crippen LogP contribution is 2.25. The summed E-state index contributed by atoms with van der Waals surface area (Å²) in [5.74, 6) is -0.348. The van der Waals surface area contributed by atoms with E-state index in [1.54, 1.807) is 6.07 Å². The van der Waals surface area contributed by atoms with E-state index in [-0.39, 0.29) is 22.8 Å². The van der Waals surface area contributed by atoms with Crippen molar-refractivity contribution < 1.29 is 9.18 Å². The minimum atomic E-state index is -0.343. The average Bonchev–Trinajstić information content (AvgIpc) is 2.39. The zero-order valence-corrected chi connectivity index (χ0v) is 12.2. The second kappa shape index (κ2) is 6.17. The SMILES string of the molecule is CC(=O)NC1CCN(c2ccc(F)cc2C(N)=S)CC1. The predicted octanol–water partition coefficient (Wildman–Crippen LogP) is 1.56. The highest BCUT2D eigenvalue weighted by atomic mass is 32.1. The minimum Gasteiger partial charge on any atom is -0.389 e. The Morgan fingerprint density at radius 2 is 2.10 bits per heavy atom. The van der Waals surface area contributed by atoms with E-state index < -0.39 is 0 Å². The van der Waals surface area contributed by atoms with E-state index in [0.717, 1.165) is 31.6 Å². The van der Waals surface area contributed by atoms with Gasteiger partial charge in [-0.15, -0.1) is 0 Å². The summed E-state index contributed by atoms with van der Waals surface area (Å²) in [4.78, 5) is 13.4. The van der Waals surface area contributed by atoms with Crippen LogP contribution in [0.25, 0.3) is 0 Å². The minimum absolute atomic E-state index is 0.00550. The Bertz CT molecular complexity index is 527. The van der Waals surface area contributed by atoms with Gasteiger partial charge in [-0.2, -0.15) is 0 Å². The lowest BCUT2D eigenvalue weighted by Crippen LogP contribution is -2.44. The van der Waals surface area contributed by atoms with Gasteiger partial charge in [0.25, 0.3) is 0 Å². The van der Waals surface area contributed by atoms with Crippen molar-refractivity contribution in [2.45, 2.75) is 25.8 Å². The molecule has 0 aliphatic carbocycles. The van der Waals surface area contributed by atoms with Crippen LogP contribution >= 0.6 is 12.2 Å². The molecule has 0 saturated carbocycles. The van der Waals surface area contributed by atoms with Gasteiger partial charge >= 0.3 is 0 Å².